The van der Waals surface area contributed by atoms with E-state index >= 15 is 0 Å². The summed E-state index contributed by atoms with van der Waals surface area (Å²) in [5, 5.41) is 40.0. The van der Waals surface area contributed by atoms with E-state index in [-0.39, 0.29) is 0 Å². The maximum absolute atomic E-state index is 2.44. The van der Waals surface area contributed by atoms with Gasteiger partial charge in [0, 0.05) is 0 Å². The Morgan fingerprint density at radius 3 is 0.680 bits per heavy atom. The zero-order chi connectivity index (χ0) is 65.3. The molecule has 0 N–H and O–H groups in total. The highest BCUT2D eigenvalue weighted by Crippen LogP contribution is 2.50. The van der Waals surface area contributed by atoms with E-state index in [4.69, 9.17) is 0 Å². The van der Waals surface area contributed by atoms with E-state index in [0.29, 0.717) is 0 Å². The van der Waals surface area contributed by atoms with Crippen molar-refractivity contribution in [2.75, 3.05) is 0 Å². The molecular weight excluding hydrogens is 1200 g/mol. The van der Waals surface area contributed by atoms with Gasteiger partial charge in [-0.05, 0) is 289 Å². The Bertz CT molecular complexity index is 6950. The van der Waals surface area contributed by atoms with Crippen LogP contribution in [0.2, 0.25) is 0 Å². The second-order valence-electron chi connectivity index (χ2n) is 27.7. The first kappa shape index (κ1) is 55.2. The van der Waals surface area contributed by atoms with Gasteiger partial charge in [0.1, 0.15) is 0 Å². The molecule has 0 aliphatic heterocycles. The molecule has 0 saturated carbocycles. The van der Waals surface area contributed by atoms with Gasteiger partial charge in [-0.3, -0.25) is 0 Å². The second-order valence-corrected chi connectivity index (χ2v) is 27.7. The SMILES string of the molecule is c1ccc2cc3cc(-c4c5ccccc5cc5c4ccc4c(-c6c7ccccc7cc7c6ccc6c(-c8cccc9c8ccc8c(-c%10cccc%11c%10ccc%10c(-c%12ccc%13cc%14ccccc%14cc%13c%12)c%12ccccc%12cc%10%11)c%10ccccc%10cc89)cccc67)cccc45)ccc3cc2c1. The highest BCUT2D eigenvalue weighted by Gasteiger charge is 2.23. The van der Waals surface area contributed by atoms with Crippen molar-refractivity contribution >= 4 is 172 Å². The summed E-state index contributed by atoms with van der Waals surface area (Å²) in [4.78, 5) is 0. The van der Waals surface area contributed by atoms with E-state index in [9.17, 15) is 0 Å². The fourth-order valence-electron chi connectivity index (χ4n) is 17.9. The van der Waals surface area contributed by atoms with E-state index in [0.717, 1.165) is 0 Å². The molecule has 0 fully saturated rings. The first-order valence-corrected chi connectivity index (χ1v) is 34.9. The van der Waals surface area contributed by atoms with Crippen LogP contribution in [0, 0.1) is 0 Å². The lowest BCUT2D eigenvalue weighted by molar-refractivity contribution is 1.70. The monoisotopic (exact) mass is 1260 g/mol. The summed E-state index contributed by atoms with van der Waals surface area (Å²) >= 11 is 0. The smallest absolute Gasteiger partial charge is 0.00204 e. The van der Waals surface area contributed by atoms with Gasteiger partial charge in [0.05, 0.1) is 0 Å². The average molecular weight is 1260 g/mol. The first-order valence-electron chi connectivity index (χ1n) is 34.9. The Labute approximate surface area is 576 Å². The molecule has 22 aromatic rings. The van der Waals surface area contributed by atoms with Crippen LogP contribution in [0.5, 0.6) is 0 Å². The summed E-state index contributed by atoms with van der Waals surface area (Å²) in [6, 6.07) is 134. The van der Waals surface area contributed by atoms with Crippen LogP contribution in [0.15, 0.2) is 352 Å². The lowest BCUT2D eigenvalue weighted by Gasteiger charge is -2.19. The third-order valence-electron chi connectivity index (χ3n) is 22.4. The summed E-state index contributed by atoms with van der Waals surface area (Å²) in [7, 11) is 0. The molecule has 458 valence electrons. The van der Waals surface area contributed by atoms with Crippen molar-refractivity contribution < 1.29 is 0 Å². The van der Waals surface area contributed by atoms with Crippen LogP contribution in [-0.4, -0.2) is 0 Å². The van der Waals surface area contributed by atoms with Crippen LogP contribution < -0.4 is 0 Å². The van der Waals surface area contributed by atoms with Crippen LogP contribution in [0.25, 0.3) is 228 Å². The van der Waals surface area contributed by atoms with E-state index in [1.807, 2.05) is 0 Å². The topological polar surface area (TPSA) is 0 Å². The van der Waals surface area contributed by atoms with Gasteiger partial charge in [-0.15, -0.1) is 0 Å². The minimum absolute atomic E-state index is 1.23. The predicted molar refractivity (Wildman–Crippen MR) is 434 cm³/mol. The minimum Gasteiger partial charge on any atom is -0.0616 e. The highest BCUT2D eigenvalue weighted by atomic mass is 14.3. The number of fused-ring (bicyclic) bond motifs is 20. The van der Waals surface area contributed by atoms with Crippen LogP contribution in [0.3, 0.4) is 0 Å². The van der Waals surface area contributed by atoms with Crippen molar-refractivity contribution in [3.8, 4) is 55.6 Å². The molecule has 0 heterocycles. The number of hydrogen-bond donors (Lipinski definition) is 0. The molecule has 0 atom stereocenters. The van der Waals surface area contributed by atoms with E-state index in [1.165, 1.54) is 228 Å². The normalized spacial score (nSPS) is 12.2. The Kier molecular flexibility index (Phi) is 11.7. The molecule has 0 aliphatic rings. The van der Waals surface area contributed by atoms with Crippen molar-refractivity contribution in [2.24, 2.45) is 0 Å². The number of benzene rings is 22. The molecule has 0 bridgehead atoms. The third kappa shape index (κ3) is 8.17. The summed E-state index contributed by atoms with van der Waals surface area (Å²) in [6.07, 6.45) is 0. The Morgan fingerprint density at radius 1 is 0.100 bits per heavy atom. The van der Waals surface area contributed by atoms with Crippen LogP contribution >= 0.6 is 0 Å². The Balaban J connectivity index is 0.700. The van der Waals surface area contributed by atoms with Gasteiger partial charge in [-0.25, -0.2) is 0 Å². The standard InChI is InChI=1S/C100H58/c1-3-19-61-51-71-53-69(39-37-63(71)49-59(61)17-1)97-73-25-9-5-21-65(73)55-93-81-33-15-35-87(85(81)43-45-89(93)97)99-75-27-11-7-23-67(75)57-95-79-31-13-29-77(83(79)41-47-91(95)99)78-30-14-32-80-84(78)42-48-92-96(80)58-68-24-8-12-28-76(68)100(92)88-36-16-34-82-86(88)44-46-90-94(82)56-66-22-6-10-26-74(66)98(90)70-40-38-64-50-60-18-2-4-20-62(60)52-72(64)54-70/h1-58H. The van der Waals surface area contributed by atoms with Crippen molar-refractivity contribution in [1.29, 1.82) is 0 Å². The van der Waals surface area contributed by atoms with Crippen LogP contribution in [0.1, 0.15) is 0 Å². The zero-order valence-electron chi connectivity index (χ0n) is 54.5. The third-order valence-corrected chi connectivity index (χ3v) is 22.4. The van der Waals surface area contributed by atoms with E-state index in [2.05, 4.69) is 352 Å². The molecule has 0 saturated heterocycles. The fourth-order valence-corrected chi connectivity index (χ4v) is 17.9. The van der Waals surface area contributed by atoms with Crippen LogP contribution in [0.4, 0.5) is 0 Å². The fraction of sp³-hybridized carbons (Fsp3) is 0. The molecule has 0 aliphatic carbocycles. The molecular formula is C100H58. The second kappa shape index (κ2) is 21.2. The number of hydrogen-bond acceptors (Lipinski definition) is 0. The van der Waals surface area contributed by atoms with Crippen molar-refractivity contribution in [3.05, 3.63) is 352 Å². The van der Waals surface area contributed by atoms with Gasteiger partial charge in [0.2, 0.25) is 0 Å². The number of rotatable bonds is 5. The molecule has 100 heavy (non-hydrogen) atoms. The molecule has 0 amide bonds. The van der Waals surface area contributed by atoms with Gasteiger partial charge in [-0.2, -0.15) is 0 Å². The largest absolute Gasteiger partial charge is 0.0616 e. The lowest BCUT2D eigenvalue weighted by atomic mass is 9.84. The molecule has 0 nitrogen and oxygen atoms in total. The summed E-state index contributed by atoms with van der Waals surface area (Å²) in [5.74, 6) is 0. The highest BCUT2D eigenvalue weighted by molar-refractivity contribution is 6.30. The first-order chi connectivity index (χ1) is 49.6. The minimum atomic E-state index is 1.23. The van der Waals surface area contributed by atoms with Gasteiger partial charge in [-0.1, -0.05) is 291 Å². The molecule has 22 rings (SSSR count). The Hall–Kier alpha value is -13.0. The average Bonchev–Trinajstić information content (AvgIpc) is 0.726. The van der Waals surface area contributed by atoms with Crippen molar-refractivity contribution in [2.45, 2.75) is 0 Å². The molecule has 22 aromatic carbocycles. The van der Waals surface area contributed by atoms with Gasteiger partial charge in [0.25, 0.3) is 0 Å². The van der Waals surface area contributed by atoms with Crippen molar-refractivity contribution in [1.82, 2.24) is 0 Å². The molecule has 0 heteroatoms. The van der Waals surface area contributed by atoms with E-state index < -0.39 is 0 Å². The molecule has 0 unspecified atom stereocenters. The predicted octanol–water partition coefficient (Wildman–Crippen LogP) is 28.5. The Morgan fingerprint density at radius 2 is 0.340 bits per heavy atom. The summed E-state index contributed by atoms with van der Waals surface area (Å²) in [6.45, 7) is 0. The quantitative estimate of drug-likeness (QED) is 0.119. The summed E-state index contributed by atoms with van der Waals surface area (Å²) < 4.78 is 0. The van der Waals surface area contributed by atoms with Gasteiger partial charge >= 0.3 is 0 Å². The van der Waals surface area contributed by atoms with E-state index in [1.54, 1.807) is 0 Å². The molecule has 0 radical (unpaired) electrons. The van der Waals surface area contributed by atoms with Crippen LogP contribution in [-0.2, 0) is 0 Å². The van der Waals surface area contributed by atoms with Gasteiger partial charge < -0.3 is 0 Å². The summed E-state index contributed by atoms with van der Waals surface area (Å²) in [5.41, 5.74) is 12.5. The molecule has 0 aromatic heterocycles. The maximum atomic E-state index is 2.44. The lowest BCUT2D eigenvalue weighted by Crippen LogP contribution is -1.92. The maximum Gasteiger partial charge on any atom is -0.00204 e. The van der Waals surface area contributed by atoms with Gasteiger partial charge in [0.15, 0.2) is 0 Å². The molecule has 0 spiro atoms. The van der Waals surface area contributed by atoms with Crippen molar-refractivity contribution in [3.63, 3.8) is 0 Å². The zero-order valence-corrected chi connectivity index (χ0v) is 54.5.